The first kappa shape index (κ1) is 15.3. The number of hydrogen-bond donors (Lipinski definition) is 2. The predicted octanol–water partition coefficient (Wildman–Crippen LogP) is 3.09. The molecule has 3 N–H and O–H groups in total. The van der Waals surface area contributed by atoms with Crippen LogP contribution in [0.4, 0.5) is 17.6 Å². The molecule has 0 aromatic heterocycles. The summed E-state index contributed by atoms with van der Waals surface area (Å²) < 4.78 is 49.4. The van der Waals surface area contributed by atoms with Crippen LogP contribution >= 0.6 is 11.8 Å². The molecule has 1 aromatic carbocycles. The highest BCUT2D eigenvalue weighted by atomic mass is 32.2. The van der Waals surface area contributed by atoms with Crippen molar-refractivity contribution < 1.29 is 17.6 Å². The van der Waals surface area contributed by atoms with Gasteiger partial charge in [0.15, 0.2) is 0 Å². The second-order valence-electron chi connectivity index (χ2n) is 3.76. The maximum absolute atomic E-state index is 13.3. The Bertz CT molecular complexity index is 370. The molecule has 0 fully saturated rings. The number of benzene rings is 1. The van der Waals surface area contributed by atoms with Crippen molar-refractivity contribution in [3.8, 4) is 0 Å². The summed E-state index contributed by atoms with van der Waals surface area (Å²) in [4.78, 5) is 0.407. The van der Waals surface area contributed by atoms with Crippen LogP contribution in [0.25, 0.3) is 0 Å². The van der Waals surface area contributed by atoms with Gasteiger partial charge in [-0.1, -0.05) is 12.1 Å². The molecule has 0 aliphatic carbocycles. The lowest BCUT2D eigenvalue weighted by atomic mass is 10.2. The van der Waals surface area contributed by atoms with E-state index in [-0.39, 0.29) is 18.0 Å². The van der Waals surface area contributed by atoms with Crippen molar-refractivity contribution in [3.05, 3.63) is 30.1 Å². The normalized spacial score (nSPS) is 13.6. The van der Waals surface area contributed by atoms with Crippen molar-refractivity contribution in [2.45, 2.75) is 30.0 Å². The number of nitrogens with one attached hydrogen (secondary N) is 1. The number of hydrazine groups is 1. The van der Waals surface area contributed by atoms with Crippen LogP contribution in [0.3, 0.4) is 0 Å². The molecule has 0 bridgehead atoms. The standard InChI is InChI=1S/C11H14F4N2S/c12-9-3-1-2-4-10(9)18-7-8(17-16)5-6-11(13,14)15/h1-4,8,17H,5-7,16H2. The van der Waals surface area contributed by atoms with Crippen molar-refractivity contribution in [1.82, 2.24) is 5.43 Å². The van der Waals surface area contributed by atoms with Crippen LogP contribution in [0.2, 0.25) is 0 Å². The van der Waals surface area contributed by atoms with E-state index in [1.807, 2.05) is 0 Å². The van der Waals surface area contributed by atoms with Crippen LogP contribution in [0.5, 0.6) is 0 Å². The number of thioether (sulfide) groups is 1. The Morgan fingerprint density at radius 2 is 1.94 bits per heavy atom. The quantitative estimate of drug-likeness (QED) is 0.364. The predicted molar refractivity (Wildman–Crippen MR) is 63.5 cm³/mol. The monoisotopic (exact) mass is 282 g/mol. The summed E-state index contributed by atoms with van der Waals surface area (Å²) in [6.07, 6.45) is -5.22. The lowest BCUT2D eigenvalue weighted by Gasteiger charge is -2.16. The Balaban J connectivity index is 2.43. The number of nitrogens with two attached hydrogens (primary N) is 1. The van der Waals surface area contributed by atoms with E-state index in [1.165, 1.54) is 6.07 Å². The van der Waals surface area contributed by atoms with E-state index in [1.54, 1.807) is 18.2 Å². The van der Waals surface area contributed by atoms with E-state index in [0.717, 1.165) is 11.8 Å². The summed E-state index contributed by atoms with van der Waals surface area (Å²) in [7, 11) is 0. The van der Waals surface area contributed by atoms with Crippen molar-refractivity contribution in [2.24, 2.45) is 5.84 Å². The summed E-state index contributed by atoms with van der Waals surface area (Å²) in [6, 6.07) is 5.62. The van der Waals surface area contributed by atoms with Gasteiger partial charge in [0.05, 0.1) is 0 Å². The average Bonchev–Trinajstić information content (AvgIpc) is 2.30. The summed E-state index contributed by atoms with van der Waals surface area (Å²) in [5.74, 6) is 5.08. The van der Waals surface area contributed by atoms with Crippen molar-refractivity contribution in [2.75, 3.05) is 5.75 Å². The van der Waals surface area contributed by atoms with E-state index < -0.39 is 18.6 Å². The Kier molecular flexibility index (Phi) is 5.90. The van der Waals surface area contributed by atoms with E-state index in [2.05, 4.69) is 5.43 Å². The molecule has 1 aromatic rings. The van der Waals surface area contributed by atoms with Crippen LogP contribution in [-0.2, 0) is 0 Å². The first-order chi connectivity index (χ1) is 8.42. The maximum atomic E-state index is 13.3. The van der Waals surface area contributed by atoms with Crippen LogP contribution in [0, 0.1) is 5.82 Å². The van der Waals surface area contributed by atoms with Crippen LogP contribution in [0.15, 0.2) is 29.2 Å². The minimum absolute atomic E-state index is 0.124. The van der Waals surface area contributed by atoms with Gasteiger partial charge < -0.3 is 0 Å². The topological polar surface area (TPSA) is 38.0 Å². The van der Waals surface area contributed by atoms with E-state index >= 15 is 0 Å². The molecule has 0 saturated carbocycles. The average molecular weight is 282 g/mol. The van der Waals surface area contributed by atoms with Crippen molar-refractivity contribution >= 4 is 11.8 Å². The SMILES string of the molecule is NNC(CCC(F)(F)F)CSc1ccccc1F. The molecule has 1 atom stereocenters. The molecular formula is C11H14F4N2S. The summed E-state index contributed by atoms with van der Waals surface area (Å²) >= 11 is 1.15. The molecule has 2 nitrogen and oxygen atoms in total. The Labute approximate surface area is 107 Å². The zero-order chi connectivity index (χ0) is 13.6. The minimum atomic E-state index is -4.20. The van der Waals surface area contributed by atoms with E-state index in [0.29, 0.717) is 4.90 Å². The number of rotatable bonds is 6. The van der Waals surface area contributed by atoms with Gasteiger partial charge in [-0.25, -0.2) is 4.39 Å². The number of alkyl halides is 3. The zero-order valence-corrected chi connectivity index (χ0v) is 10.3. The Morgan fingerprint density at radius 1 is 1.28 bits per heavy atom. The van der Waals surface area contributed by atoms with Crippen LogP contribution < -0.4 is 11.3 Å². The molecule has 0 spiro atoms. The highest BCUT2D eigenvalue weighted by Crippen LogP contribution is 2.26. The maximum Gasteiger partial charge on any atom is 0.389 e. The fourth-order valence-corrected chi connectivity index (χ4v) is 2.33. The molecule has 0 amide bonds. The summed E-state index contributed by atoms with van der Waals surface area (Å²) in [6.45, 7) is 0. The molecule has 0 saturated heterocycles. The number of hydrogen-bond acceptors (Lipinski definition) is 3. The third kappa shape index (κ3) is 5.70. The summed E-state index contributed by atoms with van der Waals surface area (Å²) in [5.41, 5.74) is 2.32. The second kappa shape index (κ2) is 6.96. The van der Waals surface area contributed by atoms with Crippen LogP contribution in [-0.4, -0.2) is 18.0 Å². The molecule has 0 radical (unpaired) electrons. The third-order valence-electron chi connectivity index (χ3n) is 2.29. The highest BCUT2D eigenvalue weighted by molar-refractivity contribution is 7.99. The lowest BCUT2D eigenvalue weighted by molar-refractivity contribution is -0.136. The van der Waals surface area contributed by atoms with Gasteiger partial charge in [0.25, 0.3) is 0 Å². The lowest BCUT2D eigenvalue weighted by Crippen LogP contribution is -2.37. The van der Waals surface area contributed by atoms with E-state index in [4.69, 9.17) is 5.84 Å². The van der Waals surface area contributed by atoms with Gasteiger partial charge in [0.2, 0.25) is 0 Å². The molecule has 0 heterocycles. The van der Waals surface area contributed by atoms with Gasteiger partial charge >= 0.3 is 6.18 Å². The van der Waals surface area contributed by atoms with Crippen molar-refractivity contribution in [1.29, 1.82) is 0 Å². The minimum Gasteiger partial charge on any atom is -0.271 e. The largest absolute Gasteiger partial charge is 0.389 e. The summed E-state index contributed by atoms with van der Waals surface area (Å²) in [5, 5.41) is 0. The van der Waals surface area contributed by atoms with Gasteiger partial charge in [-0.2, -0.15) is 13.2 Å². The van der Waals surface area contributed by atoms with Gasteiger partial charge in [-0.15, -0.1) is 11.8 Å². The van der Waals surface area contributed by atoms with Crippen molar-refractivity contribution in [3.63, 3.8) is 0 Å². The molecular weight excluding hydrogens is 268 g/mol. The molecule has 18 heavy (non-hydrogen) atoms. The molecule has 0 aliphatic heterocycles. The second-order valence-corrected chi connectivity index (χ2v) is 4.82. The van der Waals surface area contributed by atoms with Crippen LogP contribution in [0.1, 0.15) is 12.8 Å². The van der Waals surface area contributed by atoms with Gasteiger partial charge in [0.1, 0.15) is 5.82 Å². The zero-order valence-electron chi connectivity index (χ0n) is 9.51. The number of halogens is 4. The van der Waals surface area contributed by atoms with Gasteiger partial charge in [-0.05, 0) is 18.6 Å². The molecule has 102 valence electrons. The smallest absolute Gasteiger partial charge is 0.271 e. The molecule has 1 rings (SSSR count). The van der Waals surface area contributed by atoms with Gasteiger partial charge in [0, 0.05) is 23.1 Å². The first-order valence-corrected chi connectivity index (χ1v) is 6.31. The highest BCUT2D eigenvalue weighted by Gasteiger charge is 2.28. The fraction of sp³-hybridized carbons (Fsp3) is 0.455. The first-order valence-electron chi connectivity index (χ1n) is 5.32. The fourth-order valence-electron chi connectivity index (χ4n) is 1.30. The third-order valence-corrected chi connectivity index (χ3v) is 3.50. The Morgan fingerprint density at radius 3 is 2.50 bits per heavy atom. The van der Waals surface area contributed by atoms with E-state index in [9.17, 15) is 17.6 Å². The molecule has 7 heteroatoms. The molecule has 1 unspecified atom stereocenters. The van der Waals surface area contributed by atoms with Gasteiger partial charge in [-0.3, -0.25) is 11.3 Å². The molecule has 0 aliphatic rings. The Hall–Kier alpha value is -0.790.